The van der Waals surface area contributed by atoms with Crippen molar-refractivity contribution in [1.29, 1.82) is 0 Å². The molecule has 0 aliphatic rings. The van der Waals surface area contributed by atoms with Crippen LogP contribution in [0.25, 0.3) is 0 Å². The normalized spacial score (nSPS) is 11.7. The maximum absolute atomic E-state index is 12.0. The smallest absolute Gasteiger partial charge is 0.437 e. The molecule has 0 amide bonds. The first kappa shape index (κ1) is 8.76. The van der Waals surface area contributed by atoms with Gasteiger partial charge in [0.2, 0.25) is 0 Å². The van der Waals surface area contributed by atoms with E-state index in [9.17, 15) is 13.2 Å². The highest BCUT2D eigenvalue weighted by atomic mass is 19.4. The Morgan fingerprint density at radius 1 is 1.42 bits per heavy atom. The fourth-order valence-corrected chi connectivity index (χ4v) is 0.672. The first-order chi connectivity index (χ1) is 5.41. The number of halogens is 3. The van der Waals surface area contributed by atoms with Crippen LogP contribution in [0.1, 0.15) is 11.5 Å². The molecule has 0 spiro atoms. The van der Waals surface area contributed by atoms with Crippen LogP contribution < -0.4 is 0 Å². The minimum absolute atomic E-state index is 0.0277. The van der Waals surface area contributed by atoms with E-state index in [0.29, 0.717) is 0 Å². The molecule has 6 heteroatoms. The molecule has 66 valence electrons. The van der Waals surface area contributed by atoms with Gasteiger partial charge in [0, 0.05) is 0 Å². The maximum Gasteiger partial charge on any atom is 0.437 e. The third kappa shape index (κ3) is 1.63. The maximum atomic E-state index is 12.0. The van der Waals surface area contributed by atoms with Gasteiger partial charge in [-0.2, -0.15) is 13.2 Å². The highest BCUT2D eigenvalue weighted by Crippen LogP contribution is 2.32. The zero-order valence-corrected chi connectivity index (χ0v) is 6.05. The lowest BCUT2D eigenvalue weighted by atomic mass is 10.3. The van der Waals surface area contributed by atoms with E-state index in [0.717, 1.165) is 6.20 Å². The second-order valence-electron chi connectivity index (χ2n) is 2.15. The Labute approximate surface area is 65.9 Å². The lowest BCUT2D eigenvalue weighted by molar-refractivity contribution is -0.142. The molecule has 0 atom stereocenters. The molecule has 1 aromatic rings. The van der Waals surface area contributed by atoms with Gasteiger partial charge in [-0.1, -0.05) is 0 Å². The van der Waals surface area contributed by atoms with Gasteiger partial charge < -0.3 is 5.11 Å². The average Bonchev–Trinajstić information content (AvgIpc) is 1.92. The number of aryl methyl sites for hydroxylation is 1. The van der Waals surface area contributed by atoms with E-state index in [4.69, 9.17) is 5.11 Å². The van der Waals surface area contributed by atoms with E-state index in [2.05, 4.69) is 9.97 Å². The molecule has 1 heterocycles. The van der Waals surface area contributed by atoms with Gasteiger partial charge in [0.15, 0.2) is 11.4 Å². The van der Waals surface area contributed by atoms with Crippen molar-refractivity contribution in [3.05, 3.63) is 17.7 Å². The lowest BCUT2D eigenvalue weighted by Gasteiger charge is -2.06. The first-order valence-electron chi connectivity index (χ1n) is 3.01. The van der Waals surface area contributed by atoms with E-state index in [1.54, 1.807) is 0 Å². The van der Waals surface area contributed by atoms with Crippen LogP contribution in [0.3, 0.4) is 0 Å². The topological polar surface area (TPSA) is 46.0 Å². The number of nitrogens with zero attached hydrogens (tertiary/aromatic N) is 2. The predicted molar refractivity (Wildman–Crippen MR) is 33.4 cm³/mol. The zero-order chi connectivity index (χ0) is 9.35. The van der Waals surface area contributed by atoms with Crippen LogP contribution in [0.5, 0.6) is 5.75 Å². The number of alkyl halides is 3. The molecule has 1 aromatic heterocycles. The second kappa shape index (κ2) is 2.62. The zero-order valence-electron chi connectivity index (χ0n) is 6.05. The molecule has 0 radical (unpaired) electrons. The molecule has 0 fully saturated rings. The van der Waals surface area contributed by atoms with Crippen LogP contribution in [0.15, 0.2) is 6.20 Å². The molecule has 0 aromatic carbocycles. The summed E-state index contributed by atoms with van der Waals surface area (Å²) in [5, 5.41) is 8.73. The molecule has 1 N–H and O–H groups in total. The summed E-state index contributed by atoms with van der Waals surface area (Å²) in [4.78, 5) is 6.45. The van der Waals surface area contributed by atoms with Gasteiger partial charge in [0.25, 0.3) is 0 Å². The molecule has 0 saturated carbocycles. The van der Waals surface area contributed by atoms with Crippen molar-refractivity contribution < 1.29 is 18.3 Å². The molecule has 0 bridgehead atoms. The summed E-state index contributed by atoms with van der Waals surface area (Å²) in [6.07, 6.45) is -3.90. The summed E-state index contributed by atoms with van der Waals surface area (Å²) < 4.78 is 35.9. The number of rotatable bonds is 0. The Hall–Kier alpha value is -1.33. The molecule has 0 aliphatic heterocycles. The van der Waals surface area contributed by atoms with E-state index in [-0.39, 0.29) is 5.82 Å². The minimum Gasteiger partial charge on any atom is -0.504 e. The second-order valence-corrected chi connectivity index (χ2v) is 2.15. The molecule has 3 nitrogen and oxygen atoms in total. The van der Waals surface area contributed by atoms with Gasteiger partial charge in [-0.25, -0.2) is 9.97 Å². The summed E-state index contributed by atoms with van der Waals surface area (Å²) in [7, 11) is 0. The van der Waals surface area contributed by atoms with Gasteiger partial charge >= 0.3 is 6.18 Å². The van der Waals surface area contributed by atoms with Crippen molar-refractivity contribution in [2.45, 2.75) is 13.1 Å². The van der Waals surface area contributed by atoms with E-state index >= 15 is 0 Å². The molecular formula is C6H5F3N2O. The van der Waals surface area contributed by atoms with Crippen molar-refractivity contribution in [3.63, 3.8) is 0 Å². The number of hydrogen-bond acceptors (Lipinski definition) is 3. The Bertz CT molecular complexity index is 297. The molecule has 0 unspecified atom stereocenters. The van der Waals surface area contributed by atoms with E-state index < -0.39 is 17.6 Å². The fourth-order valence-electron chi connectivity index (χ4n) is 0.672. The summed E-state index contributed by atoms with van der Waals surface area (Å²) >= 11 is 0. The number of hydrogen-bond donors (Lipinski definition) is 1. The molecule has 12 heavy (non-hydrogen) atoms. The Kier molecular flexibility index (Phi) is 1.91. The molecule has 0 aliphatic carbocycles. The van der Waals surface area contributed by atoms with Gasteiger partial charge in [0.05, 0.1) is 6.20 Å². The van der Waals surface area contributed by atoms with Gasteiger partial charge in [-0.05, 0) is 6.92 Å². The predicted octanol–water partition coefficient (Wildman–Crippen LogP) is 1.51. The monoisotopic (exact) mass is 178 g/mol. The van der Waals surface area contributed by atoms with Crippen LogP contribution >= 0.6 is 0 Å². The Morgan fingerprint density at radius 3 is 2.42 bits per heavy atom. The summed E-state index contributed by atoms with van der Waals surface area (Å²) in [5.41, 5.74) is -1.30. The third-order valence-corrected chi connectivity index (χ3v) is 1.16. The minimum atomic E-state index is -4.63. The third-order valence-electron chi connectivity index (χ3n) is 1.16. The van der Waals surface area contributed by atoms with Gasteiger partial charge in [-0.3, -0.25) is 0 Å². The molecule has 0 saturated heterocycles. The van der Waals surface area contributed by atoms with Crippen molar-refractivity contribution in [3.8, 4) is 5.75 Å². The largest absolute Gasteiger partial charge is 0.504 e. The molecule has 1 rings (SSSR count). The quantitative estimate of drug-likeness (QED) is 0.654. The fraction of sp³-hybridized carbons (Fsp3) is 0.333. The van der Waals surface area contributed by atoms with Gasteiger partial charge in [-0.15, -0.1) is 0 Å². The Morgan fingerprint density at radius 2 is 2.00 bits per heavy atom. The van der Waals surface area contributed by atoms with Crippen LogP contribution in [0.2, 0.25) is 0 Å². The SMILES string of the molecule is Cc1ncc(O)c(C(F)(F)F)n1. The Balaban J connectivity index is 3.23. The number of aromatic nitrogens is 2. The van der Waals surface area contributed by atoms with Crippen LogP contribution in [0, 0.1) is 6.92 Å². The van der Waals surface area contributed by atoms with Crippen molar-refractivity contribution in [2.75, 3.05) is 0 Å². The van der Waals surface area contributed by atoms with Crippen LogP contribution in [-0.4, -0.2) is 15.1 Å². The van der Waals surface area contributed by atoms with Crippen molar-refractivity contribution in [1.82, 2.24) is 9.97 Å². The van der Waals surface area contributed by atoms with Gasteiger partial charge in [0.1, 0.15) is 5.82 Å². The van der Waals surface area contributed by atoms with E-state index in [1.807, 2.05) is 0 Å². The average molecular weight is 178 g/mol. The summed E-state index contributed by atoms with van der Waals surface area (Å²) in [5.74, 6) is -0.978. The van der Waals surface area contributed by atoms with E-state index in [1.165, 1.54) is 6.92 Å². The van der Waals surface area contributed by atoms with Crippen LogP contribution in [-0.2, 0) is 6.18 Å². The summed E-state index contributed by atoms with van der Waals surface area (Å²) in [6.45, 7) is 1.31. The standard InChI is InChI=1S/C6H5F3N2O/c1-3-10-2-4(12)5(11-3)6(7,8)9/h2,12H,1H3. The number of aromatic hydroxyl groups is 1. The van der Waals surface area contributed by atoms with Crippen molar-refractivity contribution in [2.24, 2.45) is 0 Å². The highest BCUT2D eigenvalue weighted by Gasteiger charge is 2.36. The van der Waals surface area contributed by atoms with Crippen LogP contribution in [0.4, 0.5) is 13.2 Å². The molecular weight excluding hydrogens is 173 g/mol. The highest BCUT2D eigenvalue weighted by molar-refractivity contribution is 5.25. The first-order valence-corrected chi connectivity index (χ1v) is 3.01. The van der Waals surface area contributed by atoms with Crippen molar-refractivity contribution >= 4 is 0 Å². The lowest BCUT2D eigenvalue weighted by Crippen LogP contribution is -2.09. The summed E-state index contributed by atoms with van der Waals surface area (Å²) in [6, 6.07) is 0.